The highest BCUT2D eigenvalue weighted by Crippen LogP contribution is 2.20. The van der Waals surface area contributed by atoms with Crippen LogP contribution in [0.25, 0.3) is 0 Å². The van der Waals surface area contributed by atoms with Gasteiger partial charge in [-0.1, -0.05) is 66.6 Å². The topological polar surface area (TPSA) is 83.2 Å². The fraction of sp³-hybridized carbons (Fsp3) is 0.438. The average molecular weight is 530 g/mol. The molecule has 2 aromatic rings. The second kappa shape index (κ2) is 14.3. The quantitative estimate of drug-likeness (QED) is 0.267. The Balaban J connectivity index is 1.71. The fourth-order valence-electron chi connectivity index (χ4n) is 4.49. The van der Waals surface area contributed by atoms with E-state index in [0.29, 0.717) is 50.2 Å². The van der Waals surface area contributed by atoms with E-state index in [2.05, 4.69) is 45.4 Å². The number of carbonyl (C=O) groups is 1. The molecule has 1 saturated heterocycles. The first-order valence-corrected chi connectivity index (χ1v) is 13.7. The van der Waals surface area contributed by atoms with E-state index in [9.17, 15) is 4.79 Å². The summed E-state index contributed by atoms with van der Waals surface area (Å²) in [4.78, 5) is 21.1. The third kappa shape index (κ3) is 9.72. The van der Waals surface area contributed by atoms with E-state index in [1.165, 1.54) is 11.1 Å². The van der Waals surface area contributed by atoms with Gasteiger partial charge < -0.3 is 25.6 Å². The lowest BCUT2D eigenvalue weighted by molar-refractivity contribution is 0.0185. The van der Waals surface area contributed by atoms with Crippen LogP contribution in [-0.4, -0.2) is 53.5 Å². The second-order valence-electron chi connectivity index (χ2n) is 11.0. The zero-order chi connectivity index (χ0) is 28.3. The summed E-state index contributed by atoms with van der Waals surface area (Å²) in [7, 11) is 0. The number of nitrogens with two attached hydrogens (primary N) is 1. The minimum atomic E-state index is -0.492. The number of nitrogens with one attached hydrogen (secondary N) is 1. The van der Waals surface area contributed by atoms with Gasteiger partial charge in [-0.25, -0.2) is 4.79 Å². The number of hydrogen-bond acceptors (Lipinski definition) is 5. The number of aliphatic imine (C=N–C) groups is 1. The molecule has 1 amide bonds. The van der Waals surface area contributed by atoms with E-state index in [1.54, 1.807) is 4.90 Å². The van der Waals surface area contributed by atoms with Gasteiger partial charge in [0, 0.05) is 38.4 Å². The lowest BCUT2D eigenvalue weighted by atomic mass is 9.97. The molecule has 0 spiro atoms. The van der Waals surface area contributed by atoms with Crippen LogP contribution < -0.4 is 11.1 Å². The van der Waals surface area contributed by atoms with Crippen LogP contribution in [0, 0.1) is 18.3 Å². The molecule has 0 unspecified atom stereocenters. The Hall–Kier alpha value is -3.92. The van der Waals surface area contributed by atoms with Crippen molar-refractivity contribution < 1.29 is 9.53 Å². The summed E-state index contributed by atoms with van der Waals surface area (Å²) in [6, 6.07) is 20.7. The van der Waals surface area contributed by atoms with Crippen LogP contribution in [-0.2, 0) is 17.8 Å². The number of hydrogen-bond donors (Lipinski definition) is 2. The Kier molecular flexibility index (Phi) is 10.9. The molecular formula is C32H43N5O2. The maximum absolute atomic E-state index is 12.4. The van der Waals surface area contributed by atoms with Gasteiger partial charge in [0.25, 0.3) is 0 Å². The van der Waals surface area contributed by atoms with Gasteiger partial charge in [-0.15, -0.1) is 6.42 Å². The van der Waals surface area contributed by atoms with Crippen LogP contribution in [0.15, 0.2) is 77.1 Å². The fourth-order valence-corrected chi connectivity index (χ4v) is 4.49. The number of ether oxygens (including phenoxy) is 1. The SMILES string of the molecule is C#CC/N=C(NCC1CCN(C(=O)OC(C)(C)C)CC1)\C(N)=C(/C)N(Cc1ccccc1)Cc1ccccc1. The van der Waals surface area contributed by atoms with Gasteiger partial charge in [-0.05, 0) is 57.6 Å². The summed E-state index contributed by atoms with van der Waals surface area (Å²) in [5.74, 6) is 3.60. The van der Waals surface area contributed by atoms with Crippen LogP contribution in [0.1, 0.15) is 51.7 Å². The molecule has 0 bridgehead atoms. The predicted octanol–water partition coefficient (Wildman–Crippen LogP) is 5.15. The molecule has 7 nitrogen and oxygen atoms in total. The summed E-state index contributed by atoms with van der Waals surface area (Å²) in [5, 5.41) is 3.48. The van der Waals surface area contributed by atoms with Crippen molar-refractivity contribution in [1.82, 2.24) is 15.1 Å². The highest BCUT2D eigenvalue weighted by Gasteiger charge is 2.27. The number of allylic oxidation sites excluding steroid dienone is 1. The summed E-state index contributed by atoms with van der Waals surface area (Å²) in [6.45, 7) is 11.4. The maximum Gasteiger partial charge on any atom is 0.410 e. The highest BCUT2D eigenvalue weighted by molar-refractivity contribution is 5.98. The van der Waals surface area contributed by atoms with E-state index in [4.69, 9.17) is 16.9 Å². The van der Waals surface area contributed by atoms with E-state index in [1.807, 2.05) is 64.1 Å². The third-order valence-electron chi connectivity index (χ3n) is 6.70. The van der Waals surface area contributed by atoms with Gasteiger partial charge in [-0.2, -0.15) is 0 Å². The normalized spacial score (nSPS) is 15.3. The number of amidine groups is 1. The number of amides is 1. The largest absolute Gasteiger partial charge is 0.444 e. The lowest BCUT2D eigenvalue weighted by Gasteiger charge is -2.33. The van der Waals surface area contributed by atoms with E-state index in [0.717, 1.165) is 18.5 Å². The van der Waals surface area contributed by atoms with Crippen molar-refractivity contribution in [2.24, 2.45) is 16.6 Å². The molecule has 1 heterocycles. The standard InChI is InChI=1S/C32H43N5O2/c1-6-19-34-30(35-22-26-17-20-36(21-18-26)31(38)39-32(3,4)5)29(33)25(2)37(23-27-13-9-7-10-14-27)24-28-15-11-8-12-16-28/h1,7-16,26H,17-24,33H2,2-5H3,(H,34,35)/b29-25-. The number of rotatable bonds is 9. The Morgan fingerprint density at radius 1 is 1.08 bits per heavy atom. The molecule has 1 fully saturated rings. The van der Waals surface area contributed by atoms with Crippen molar-refractivity contribution in [3.63, 3.8) is 0 Å². The van der Waals surface area contributed by atoms with E-state index < -0.39 is 5.60 Å². The number of likely N-dealkylation sites (tertiary alicyclic amines) is 1. The maximum atomic E-state index is 12.4. The first-order valence-electron chi connectivity index (χ1n) is 13.7. The number of benzene rings is 2. The van der Waals surface area contributed by atoms with Crippen molar-refractivity contribution in [1.29, 1.82) is 0 Å². The zero-order valence-electron chi connectivity index (χ0n) is 23.8. The molecule has 0 saturated carbocycles. The first kappa shape index (κ1) is 29.6. The summed E-state index contributed by atoms with van der Waals surface area (Å²) < 4.78 is 5.53. The summed E-state index contributed by atoms with van der Waals surface area (Å²) in [5.41, 5.74) is 10.2. The Morgan fingerprint density at radius 3 is 2.10 bits per heavy atom. The van der Waals surface area contributed by atoms with Crippen LogP contribution in [0.2, 0.25) is 0 Å². The Labute approximate surface area is 234 Å². The molecule has 0 aromatic heterocycles. The van der Waals surface area contributed by atoms with Crippen LogP contribution in [0.4, 0.5) is 4.79 Å². The van der Waals surface area contributed by atoms with Gasteiger partial charge in [0.2, 0.25) is 0 Å². The predicted molar refractivity (Wildman–Crippen MR) is 159 cm³/mol. The minimum absolute atomic E-state index is 0.241. The molecule has 1 aliphatic rings. The van der Waals surface area contributed by atoms with Crippen LogP contribution >= 0.6 is 0 Å². The molecule has 208 valence electrons. The van der Waals surface area contributed by atoms with Gasteiger partial charge in [0.15, 0.2) is 0 Å². The number of nitrogens with zero attached hydrogens (tertiary/aromatic N) is 3. The van der Waals surface area contributed by atoms with Crippen LogP contribution in [0.3, 0.4) is 0 Å². The number of carbonyl (C=O) groups excluding carboxylic acids is 1. The molecule has 0 atom stereocenters. The molecule has 7 heteroatoms. The number of piperidine rings is 1. The van der Waals surface area contributed by atoms with Gasteiger partial charge in [-0.3, -0.25) is 4.99 Å². The van der Waals surface area contributed by atoms with Crippen molar-refractivity contribution >= 4 is 11.9 Å². The second-order valence-corrected chi connectivity index (χ2v) is 11.0. The Morgan fingerprint density at radius 2 is 1.62 bits per heavy atom. The number of terminal acetylenes is 1. The first-order chi connectivity index (χ1) is 18.7. The third-order valence-corrected chi connectivity index (χ3v) is 6.70. The Bertz CT molecular complexity index is 1110. The summed E-state index contributed by atoms with van der Waals surface area (Å²) in [6.07, 6.45) is 7.06. The van der Waals surface area contributed by atoms with E-state index in [-0.39, 0.29) is 12.6 Å². The molecule has 3 rings (SSSR count). The monoisotopic (exact) mass is 529 g/mol. The molecule has 3 N–H and O–H groups in total. The molecule has 39 heavy (non-hydrogen) atoms. The van der Waals surface area contributed by atoms with E-state index >= 15 is 0 Å². The van der Waals surface area contributed by atoms with Gasteiger partial charge >= 0.3 is 6.09 Å². The van der Waals surface area contributed by atoms with Crippen molar-refractivity contribution in [2.45, 2.75) is 59.2 Å². The molecule has 1 aliphatic heterocycles. The van der Waals surface area contributed by atoms with Gasteiger partial charge in [0.1, 0.15) is 18.0 Å². The van der Waals surface area contributed by atoms with Crippen molar-refractivity contribution in [2.75, 3.05) is 26.2 Å². The van der Waals surface area contributed by atoms with Crippen LogP contribution in [0.5, 0.6) is 0 Å². The minimum Gasteiger partial charge on any atom is -0.444 e. The molecule has 0 radical (unpaired) electrons. The molecule has 0 aliphatic carbocycles. The molecule has 2 aromatic carbocycles. The van der Waals surface area contributed by atoms with Gasteiger partial charge in [0.05, 0.1) is 5.70 Å². The lowest BCUT2D eigenvalue weighted by Crippen LogP contribution is -2.44. The van der Waals surface area contributed by atoms with Crippen molar-refractivity contribution in [3.05, 3.63) is 83.2 Å². The smallest absolute Gasteiger partial charge is 0.410 e. The molecular weight excluding hydrogens is 486 g/mol. The zero-order valence-corrected chi connectivity index (χ0v) is 23.8. The van der Waals surface area contributed by atoms with Crippen molar-refractivity contribution in [3.8, 4) is 12.3 Å². The average Bonchev–Trinajstić information content (AvgIpc) is 2.92. The summed E-state index contributed by atoms with van der Waals surface area (Å²) >= 11 is 0. The highest BCUT2D eigenvalue weighted by atomic mass is 16.6.